The van der Waals surface area contributed by atoms with Gasteiger partial charge >= 0.3 is 0 Å². The summed E-state index contributed by atoms with van der Waals surface area (Å²) in [6.07, 6.45) is 2.40. The Bertz CT molecular complexity index is 1450. The molecule has 192 valence electrons. The molecule has 0 amide bonds. The highest BCUT2D eigenvalue weighted by atomic mass is 16.5. The molecule has 2 heterocycles. The molecule has 0 aliphatic carbocycles. The maximum absolute atomic E-state index is 5.78. The lowest BCUT2D eigenvalue weighted by atomic mass is 9.81. The minimum Gasteiger partial charge on any atom is -0.493 e. The zero-order valence-corrected chi connectivity index (χ0v) is 22.0. The van der Waals surface area contributed by atoms with E-state index in [1.165, 1.54) is 40.3 Å². The van der Waals surface area contributed by atoms with Gasteiger partial charge in [0, 0.05) is 25.2 Å². The second kappa shape index (κ2) is 9.77. The number of nitrogens with one attached hydrogen (secondary N) is 1. The molecule has 1 saturated heterocycles. The van der Waals surface area contributed by atoms with Gasteiger partial charge in [-0.05, 0) is 81.9 Å². The third-order valence-corrected chi connectivity index (χ3v) is 8.12. The van der Waals surface area contributed by atoms with E-state index in [-0.39, 0.29) is 6.04 Å². The van der Waals surface area contributed by atoms with Gasteiger partial charge in [0.15, 0.2) is 23.0 Å². The van der Waals surface area contributed by atoms with Crippen molar-refractivity contribution in [3.63, 3.8) is 0 Å². The molecule has 0 spiro atoms. The van der Waals surface area contributed by atoms with Crippen molar-refractivity contribution in [2.45, 2.75) is 38.0 Å². The van der Waals surface area contributed by atoms with E-state index in [1.54, 1.807) is 28.4 Å². The van der Waals surface area contributed by atoms with Gasteiger partial charge < -0.3 is 24.3 Å². The van der Waals surface area contributed by atoms with Crippen molar-refractivity contribution in [1.82, 2.24) is 10.2 Å². The van der Waals surface area contributed by atoms with Crippen LogP contribution in [-0.2, 0) is 13.1 Å². The zero-order chi connectivity index (χ0) is 25.5. The van der Waals surface area contributed by atoms with E-state index in [2.05, 4.69) is 64.8 Å². The first-order valence-corrected chi connectivity index (χ1v) is 12.9. The summed E-state index contributed by atoms with van der Waals surface area (Å²) in [7, 11) is 6.78. The number of hydrogen-bond acceptors (Lipinski definition) is 6. The summed E-state index contributed by atoms with van der Waals surface area (Å²) < 4.78 is 23.0. The van der Waals surface area contributed by atoms with Crippen LogP contribution in [0.2, 0.25) is 0 Å². The Hall–Kier alpha value is -3.48. The Morgan fingerprint density at radius 3 is 1.95 bits per heavy atom. The topological polar surface area (TPSA) is 52.2 Å². The predicted molar refractivity (Wildman–Crippen MR) is 147 cm³/mol. The molecular formula is C31H34N2O4. The van der Waals surface area contributed by atoms with E-state index in [4.69, 9.17) is 18.9 Å². The van der Waals surface area contributed by atoms with Crippen molar-refractivity contribution in [3.05, 3.63) is 71.3 Å². The minimum atomic E-state index is 0.185. The van der Waals surface area contributed by atoms with Gasteiger partial charge in [-0.2, -0.15) is 0 Å². The van der Waals surface area contributed by atoms with Gasteiger partial charge in [0.05, 0.1) is 28.4 Å². The molecule has 4 aromatic carbocycles. The van der Waals surface area contributed by atoms with Gasteiger partial charge in [-0.1, -0.05) is 30.3 Å². The van der Waals surface area contributed by atoms with Gasteiger partial charge in [0.25, 0.3) is 0 Å². The number of hydrogen-bond donors (Lipinski definition) is 1. The summed E-state index contributed by atoms with van der Waals surface area (Å²) in [5, 5.41) is 8.63. The monoisotopic (exact) mass is 498 g/mol. The highest BCUT2D eigenvalue weighted by molar-refractivity contribution is 6.13. The predicted octanol–water partition coefficient (Wildman–Crippen LogP) is 5.84. The minimum absolute atomic E-state index is 0.185. The lowest BCUT2D eigenvalue weighted by Crippen LogP contribution is -2.44. The van der Waals surface area contributed by atoms with Crippen LogP contribution in [0.15, 0.2) is 54.6 Å². The zero-order valence-electron chi connectivity index (χ0n) is 22.0. The highest BCUT2D eigenvalue weighted by Gasteiger charge is 2.40. The fraction of sp³-hybridized carbons (Fsp3) is 0.355. The number of nitrogens with zero attached hydrogens (tertiary/aromatic N) is 1. The van der Waals surface area contributed by atoms with Gasteiger partial charge in [-0.25, -0.2) is 0 Å². The van der Waals surface area contributed by atoms with E-state index >= 15 is 0 Å². The van der Waals surface area contributed by atoms with E-state index < -0.39 is 0 Å². The number of benzene rings is 4. The van der Waals surface area contributed by atoms with Crippen LogP contribution in [0.4, 0.5) is 0 Å². The second-order valence-electron chi connectivity index (χ2n) is 9.92. The van der Waals surface area contributed by atoms with Crippen LogP contribution in [0, 0.1) is 0 Å². The maximum atomic E-state index is 5.78. The highest BCUT2D eigenvalue weighted by Crippen LogP contribution is 2.49. The Balaban J connectivity index is 1.65. The van der Waals surface area contributed by atoms with Crippen molar-refractivity contribution in [2.75, 3.05) is 35.0 Å². The average molecular weight is 499 g/mol. The smallest absolute Gasteiger partial charge is 0.161 e. The van der Waals surface area contributed by atoms with Crippen molar-refractivity contribution in [3.8, 4) is 23.0 Å². The maximum Gasteiger partial charge on any atom is 0.161 e. The van der Waals surface area contributed by atoms with Crippen LogP contribution in [0.5, 0.6) is 23.0 Å². The quantitative estimate of drug-likeness (QED) is 0.323. The summed E-state index contributed by atoms with van der Waals surface area (Å²) in [5.41, 5.74) is 3.99. The Morgan fingerprint density at radius 2 is 1.32 bits per heavy atom. The molecule has 1 fully saturated rings. The molecule has 6 heteroatoms. The standard InChI is InChI=1S/C31H34N2O4/c1-34-26-13-20-21-14-27(35-2)29(37-4)16-23(21)30-24(22(20)15-28(26)36-3)18-33-12-8-11-25(33)31(30)32-17-19-9-6-5-7-10-19/h5-7,9-10,13-16,25,31-32H,8,11-12,17-18H2,1-4H3. The van der Waals surface area contributed by atoms with E-state index in [0.29, 0.717) is 6.04 Å². The molecule has 6 nitrogen and oxygen atoms in total. The number of ether oxygens (including phenoxy) is 4. The molecular weight excluding hydrogens is 464 g/mol. The number of methoxy groups -OCH3 is 4. The Labute approximate surface area is 218 Å². The summed E-state index contributed by atoms with van der Waals surface area (Å²) in [6, 6.07) is 19.8. The Morgan fingerprint density at radius 1 is 0.757 bits per heavy atom. The molecule has 1 N–H and O–H groups in total. The SMILES string of the molecule is COc1cc2c3c(c4cc(OC)c(OC)cc4c2cc1OC)C(NCc1ccccc1)C1CCCN1C3. The van der Waals surface area contributed by atoms with Crippen molar-refractivity contribution in [2.24, 2.45) is 0 Å². The molecule has 4 aromatic rings. The molecule has 2 aliphatic heterocycles. The number of rotatable bonds is 7. The second-order valence-corrected chi connectivity index (χ2v) is 9.92. The first-order chi connectivity index (χ1) is 18.2. The van der Waals surface area contributed by atoms with Gasteiger partial charge in [-0.3, -0.25) is 4.90 Å². The fourth-order valence-corrected chi connectivity index (χ4v) is 6.39. The third-order valence-electron chi connectivity index (χ3n) is 8.12. The van der Waals surface area contributed by atoms with Crippen LogP contribution >= 0.6 is 0 Å². The summed E-state index contributed by atoms with van der Waals surface area (Å²) in [5.74, 6) is 2.93. The summed E-state index contributed by atoms with van der Waals surface area (Å²) >= 11 is 0. The number of fused-ring (bicyclic) bond motifs is 7. The molecule has 0 bridgehead atoms. The van der Waals surface area contributed by atoms with Crippen molar-refractivity contribution < 1.29 is 18.9 Å². The molecule has 2 unspecified atom stereocenters. The van der Waals surface area contributed by atoms with E-state index in [1.807, 2.05) is 0 Å². The molecule has 2 atom stereocenters. The normalized spacial score (nSPS) is 19.0. The van der Waals surface area contributed by atoms with Crippen LogP contribution in [0.3, 0.4) is 0 Å². The van der Waals surface area contributed by atoms with Crippen LogP contribution in [0.25, 0.3) is 21.5 Å². The lowest BCUT2D eigenvalue weighted by Gasteiger charge is -2.40. The largest absolute Gasteiger partial charge is 0.493 e. The third kappa shape index (κ3) is 3.95. The first kappa shape index (κ1) is 23.9. The Kier molecular flexibility index (Phi) is 6.31. The molecule has 0 saturated carbocycles. The molecule has 2 aliphatic rings. The van der Waals surface area contributed by atoms with Gasteiger partial charge in [0.1, 0.15) is 0 Å². The van der Waals surface area contributed by atoms with E-state index in [9.17, 15) is 0 Å². The van der Waals surface area contributed by atoms with Crippen LogP contribution in [-0.4, -0.2) is 45.9 Å². The molecule has 0 aromatic heterocycles. The molecule has 37 heavy (non-hydrogen) atoms. The van der Waals surface area contributed by atoms with Crippen molar-refractivity contribution >= 4 is 21.5 Å². The van der Waals surface area contributed by atoms with E-state index in [0.717, 1.165) is 53.4 Å². The van der Waals surface area contributed by atoms with Gasteiger partial charge in [0.2, 0.25) is 0 Å². The molecule has 6 rings (SSSR count). The summed E-state index contributed by atoms with van der Waals surface area (Å²) in [6.45, 7) is 2.85. The molecule has 0 radical (unpaired) electrons. The van der Waals surface area contributed by atoms with Crippen LogP contribution < -0.4 is 24.3 Å². The first-order valence-electron chi connectivity index (χ1n) is 12.9. The fourth-order valence-electron chi connectivity index (χ4n) is 6.39. The lowest BCUT2D eigenvalue weighted by molar-refractivity contribution is 0.179. The summed E-state index contributed by atoms with van der Waals surface area (Å²) in [4.78, 5) is 2.65. The van der Waals surface area contributed by atoms with Crippen LogP contribution in [0.1, 0.15) is 35.6 Å². The van der Waals surface area contributed by atoms with Crippen molar-refractivity contribution in [1.29, 1.82) is 0 Å². The average Bonchev–Trinajstić information content (AvgIpc) is 3.43. The van der Waals surface area contributed by atoms with Gasteiger partial charge in [-0.15, -0.1) is 0 Å².